The van der Waals surface area contributed by atoms with Crippen LogP contribution in [0.15, 0.2) is 30.5 Å². The molecule has 4 heterocycles. The van der Waals surface area contributed by atoms with Gasteiger partial charge in [-0.25, -0.2) is 0 Å². The van der Waals surface area contributed by atoms with Crippen molar-refractivity contribution in [2.75, 3.05) is 24.6 Å². The first-order chi connectivity index (χ1) is 14.7. The minimum absolute atomic E-state index is 0.568. The van der Waals surface area contributed by atoms with Gasteiger partial charge in [0.25, 0.3) is 0 Å². The van der Waals surface area contributed by atoms with Crippen LogP contribution in [0.3, 0.4) is 0 Å². The van der Waals surface area contributed by atoms with Crippen molar-refractivity contribution in [3.63, 3.8) is 0 Å². The predicted molar refractivity (Wildman–Crippen MR) is 125 cm³/mol. The van der Waals surface area contributed by atoms with Crippen molar-refractivity contribution in [2.45, 2.75) is 38.1 Å². The summed E-state index contributed by atoms with van der Waals surface area (Å²) >= 11 is 8.91. The van der Waals surface area contributed by atoms with Gasteiger partial charge in [0.2, 0.25) is 0 Å². The molecule has 6 heteroatoms. The topological polar surface area (TPSA) is 44.8 Å². The molecule has 0 bridgehead atoms. The Kier molecular flexibility index (Phi) is 4.81. The highest BCUT2D eigenvalue weighted by Crippen LogP contribution is 2.49. The Hall–Kier alpha value is -1.56. The lowest BCUT2D eigenvalue weighted by Gasteiger charge is -2.25. The summed E-state index contributed by atoms with van der Waals surface area (Å²) in [7, 11) is 0. The van der Waals surface area contributed by atoms with Crippen LogP contribution in [-0.4, -0.2) is 50.7 Å². The zero-order chi connectivity index (χ0) is 20.2. The van der Waals surface area contributed by atoms with Gasteiger partial charge >= 0.3 is 0 Å². The average molecular weight is 439 g/mol. The van der Waals surface area contributed by atoms with Gasteiger partial charge in [-0.1, -0.05) is 11.6 Å². The predicted octanol–water partition coefficient (Wildman–Crippen LogP) is 5.52. The number of hydrogen-bond donors (Lipinski definition) is 1. The van der Waals surface area contributed by atoms with Crippen molar-refractivity contribution in [1.82, 2.24) is 20.1 Å². The Morgan fingerprint density at radius 3 is 2.73 bits per heavy atom. The van der Waals surface area contributed by atoms with Crippen molar-refractivity contribution >= 4 is 34.3 Å². The van der Waals surface area contributed by atoms with Crippen LogP contribution >= 0.6 is 23.4 Å². The van der Waals surface area contributed by atoms with Gasteiger partial charge in [-0.3, -0.25) is 15.0 Å². The first-order valence-electron chi connectivity index (χ1n) is 11.1. The molecule has 2 unspecified atom stereocenters. The van der Waals surface area contributed by atoms with Crippen LogP contribution in [0.4, 0.5) is 0 Å². The van der Waals surface area contributed by atoms with Gasteiger partial charge < -0.3 is 0 Å². The largest absolute Gasteiger partial charge is 0.299 e. The van der Waals surface area contributed by atoms with Crippen LogP contribution in [0, 0.1) is 18.8 Å². The molecule has 3 aromatic rings. The second kappa shape index (κ2) is 7.54. The van der Waals surface area contributed by atoms with Gasteiger partial charge in [0.1, 0.15) is 5.69 Å². The van der Waals surface area contributed by atoms with E-state index in [1.165, 1.54) is 54.8 Å². The number of likely N-dealkylation sites (tertiary alicyclic amines) is 1. The van der Waals surface area contributed by atoms with E-state index < -0.39 is 0 Å². The number of aromatic amines is 1. The number of benzene rings is 1. The van der Waals surface area contributed by atoms with Crippen LogP contribution in [0.2, 0.25) is 5.02 Å². The molecular weight excluding hydrogens is 412 g/mol. The maximum atomic E-state index is 6.78. The molecule has 30 heavy (non-hydrogen) atoms. The second-order valence-corrected chi connectivity index (χ2v) is 10.9. The third-order valence-electron chi connectivity index (χ3n) is 7.49. The molecular formula is C24H27ClN4S. The normalized spacial score (nSPS) is 29.1. The summed E-state index contributed by atoms with van der Waals surface area (Å²) in [6.45, 7) is 4.60. The molecule has 1 N–H and O–H groups in total. The number of halogens is 1. The molecule has 156 valence electrons. The van der Waals surface area contributed by atoms with E-state index in [1.54, 1.807) is 0 Å². The Morgan fingerprint density at radius 1 is 1.17 bits per heavy atom. The number of fused-ring (bicyclic) bond motifs is 2. The number of H-pyrrole nitrogens is 1. The maximum Gasteiger partial charge on any atom is 0.100 e. The fourth-order valence-electron chi connectivity index (χ4n) is 5.98. The monoisotopic (exact) mass is 438 g/mol. The molecule has 2 aliphatic heterocycles. The van der Waals surface area contributed by atoms with Gasteiger partial charge in [0.15, 0.2) is 0 Å². The molecule has 1 saturated carbocycles. The van der Waals surface area contributed by atoms with E-state index >= 15 is 0 Å². The number of nitrogens with zero attached hydrogens (tertiary/aromatic N) is 3. The zero-order valence-electron chi connectivity index (χ0n) is 17.3. The van der Waals surface area contributed by atoms with E-state index in [2.05, 4.69) is 50.0 Å². The van der Waals surface area contributed by atoms with Gasteiger partial charge in [0, 0.05) is 52.7 Å². The standard InChI is InChI=1S/C24H27ClN4S/c1-14-6-15(2-4-26-14)24-21-9-20(22(25)10-23(21)27-28-24)16-7-17-11-29(12-18(17)8-16)19-3-5-30-13-19/h2,4,6,9-10,16-19H,3,5,7-8,11-13H2,1H3,(H,27,28)/t16?,17-,18+,19?. The fourth-order valence-corrected chi connectivity index (χ4v) is 7.55. The van der Waals surface area contributed by atoms with Crippen LogP contribution in [-0.2, 0) is 0 Å². The van der Waals surface area contributed by atoms with E-state index in [0.717, 1.165) is 45.4 Å². The first-order valence-corrected chi connectivity index (χ1v) is 12.6. The van der Waals surface area contributed by atoms with Gasteiger partial charge in [-0.05, 0) is 79.5 Å². The molecule has 4 nitrogen and oxygen atoms in total. The van der Waals surface area contributed by atoms with Gasteiger partial charge in [-0.15, -0.1) is 0 Å². The van der Waals surface area contributed by atoms with E-state index in [-0.39, 0.29) is 0 Å². The summed E-state index contributed by atoms with van der Waals surface area (Å²) in [5.74, 6) is 4.92. The summed E-state index contributed by atoms with van der Waals surface area (Å²) in [5, 5.41) is 9.84. The Balaban J connectivity index is 1.28. The van der Waals surface area contributed by atoms with Crippen LogP contribution in [0.25, 0.3) is 22.2 Å². The summed E-state index contributed by atoms with van der Waals surface area (Å²) < 4.78 is 0. The molecule has 1 aliphatic carbocycles. The molecule has 6 rings (SSSR count). The Bertz CT molecular complexity index is 1080. The van der Waals surface area contributed by atoms with E-state index in [1.807, 2.05) is 19.2 Å². The first kappa shape index (κ1) is 19.1. The van der Waals surface area contributed by atoms with Crippen molar-refractivity contribution in [2.24, 2.45) is 11.8 Å². The average Bonchev–Trinajstić information content (AvgIpc) is 3.49. The smallest absolute Gasteiger partial charge is 0.100 e. The van der Waals surface area contributed by atoms with Crippen molar-refractivity contribution < 1.29 is 0 Å². The SMILES string of the molecule is Cc1cc(-c2n[nH]c3cc(Cl)c(C4C[C@@H]5CN(C6CCSC6)C[C@@H]5C4)cc23)ccn1. The lowest BCUT2D eigenvalue weighted by atomic mass is 9.93. The maximum absolute atomic E-state index is 6.78. The molecule has 4 atom stereocenters. The highest BCUT2D eigenvalue weighted by molar-refractivity contribution is 7.99. The Labute approximate surface area is 186 Å². The number of aromatic nitrogens is 3. The third-order valence-corrected chi connectivity index (χ3v) is 8.96. The molecule has 1 aromatic carbocycles. The molecule has 0 radical (unpaired) electrons. The minimum atomic E-state index is 0.568. The number of pyridine rings is 1. The number of rotatable bonds is 3. The summed E-state index contributed by atoms with van der Waals surface area (Å²) in [6.07, 6.45) is 5.78. The summed E-state index contributed by atoms with van der Waals surface area (Å²) in [6, 6.07) is 9.35. The zero-order valence-corrected chi connectivity index (χ0v) is 18.8. The summed E-state index contributed by atoms with van der Waals surface area (Å²) in [5.41, 5.74) is 5.44. The van der Waals surface area contributed by atoms with Crippen molar-refractivity contribution in [3.8, 4) is 11.3 Å². The molecule has 2 saturated heterocycles. The number of thioether (sulfide) groups is 1. The molecule has 2 aromatic heterocycles. The van der Waals surface area contributed by atoms with Gasteiger partial charge in [0.05, 0.1) is 5.52 Å². The van der Waals surface area contributed by atoms with Crippen molar-refractivity contribution in [3.05, 3.63) is 46.7 Å². The molecule has 0 amide bonds. The van der Waals surface area contributed by atoms with E-state index in [9.17, 15) is 0 Å². The lowest BCUT2D eigenvalue weighted by molar-refractivity contribution is 0.241. The molecule has 0 spiro atoms. The second-order valence-electron chi connectivity index (χ2n) is 9.34. The Morgan fingerprint density at radius 2 is 2.00 bits per heavy atom. The number of hydrogen-bond acceptors (Lipinski definition) is 4. The lowest BCUT2D eigenvalue weighted by Crippen LogP contribution is -2.34. The van der Waals surface area contributed by atoms with Crippen molar-refractivity contribution in [1.29, 1.82) is 0 Å². The van der Waals surface area contributed by atoms with E-state index in [0.29, 0.717) is 5.92 Å². The van der Waals surface area contributed by atoms with Crippen LogP contribution in [0.1, 0.15) is 36.4 Å². The molecule has 3 fully saturated rings. The number of nitrogens with one attached hydrogen (secondary N) is 1. The van der Waals surface area contributed by atoms with Crippen LogP contribution in [0.5, 0.6) is 0 Å². The minimum Gasteiger partial charge on any atom is -0.299 e. The number of aryl methyl sites for hydroxylation is 1. The van der Waals surface area contributed by atoms with E-state index in [4.69, 9.17) is 11.6 Å². The van der Waals surface area contributed by atoms with Crippen LogP contribution < -0.4 is 0 Å². The molecule has 3 aliphatic rings. The summed E-state index contributed by atoms with van der Waals surface area (Å²) in [4.78, 5) is 7.12. The fraction of sp³-hybridized carbons (Fsp3) is 0.500. The quantitative estimate of drug-likeness (QED) is 0.584. The highest BCUT2D eigenvalue weighted by Gasteiger charge is 2.43. The third kappa shape index (κ3) is 3.26. The van der Waals surface area contributed by atoms with Gasteiger partial charge in [-0.2, -0.15) is 16.9 Å². The highest BCUT2D eigenvalue weighted by atomic mass is 35.5.